The van der Waals surface area contributed by atoms with Crippen LogP contribution in [0.2, 0.25) is 0 Å². The number of hydrogen-bond acceptors (Lipinski definition) is 7. The number of hydrogen-bond donors (Lipinski definition) is 0. The Hall–Kier alpha value is -0.970. The smallest absolute Gasteiger partial charge is 0.346 e. The molecule has 1 saturated heterocycles. The van der Waals surface area contributed by atoms with Gasteiger partial charge in [-0.05, 0) is 25.5 Å². The Labute approximate surface area is 141 Å². The van der Waals surface area contributed by atoms with Crippen LogP contribution >= 0.6 is 15.0 Å². The molecule has 2 rings (SSSR count). The highest BCUT2D eigenvalue weighted by Crippen LogP contribution is 2.74. The van der Waals surface area contributed by atoms with Crippen molar-refractivity contribution in [2.75, 3.05) is 27.0 Å². The number of ether oxygens (including phenoxy) is 1. The fourth-order valence-electron chi connectivity index (χ4n) is 2.81. The molecule has 0 saturated carbocycles. The van der Waals surface area contributed by atoms with E-state index in [2.05, 4.69) is 0 Å². The predicted octanol–water partition coefficient (Wildman–Crippen LogP) is 3.74. The van der Waals surface area contributed by atoms with E-state index in [0.717, 1.165) is 0 Å². The number of carbonyl (C=O) groups excluding carboxylic acids is 1. The lowest BCUT2D eigenvalue weighted by molar-refractivity contribution is 0.0323. The highest BCUT2D eigenvalue weighted by atomic mass is 31.2. The maximum atomic E-state index is 13.1. The fourth-order valence-corrected chi connectivity index (χ4v) is 9.16. The van der Waals surface area contributed by atoms with Crippen molar-refractivity contribution >= 4 is 20.9 Å². The lowest BCUT2D eigenvalue weighted by Crippen LogP contribution is -2.28. The second kappa shape index (κ2) is 7.94. The van der Waals surface area contributed by atoms with Gasteiger partial charge in [-0.15, -0.1) is 0 Å². The van der Waals surface area contributed by atoms with E-state index in [1.54, 1.807) is 37.3 Å². The lowest BCUT2D eigenvalue weighted by atomic mass is 10.2. The van der Waals surface area contributed by atoms with E-state index < -0.39 is 32.4 Å². The van der Waals surface area contributed by atoms with Crippen LogP contribution in [0.15, 0.2) is 30.3 Å². The summed E-state index contributed by atoms with van der Waals surface area (Å²) in [6, 6.07) is 8.43. The Morgan fingerprint density at radius 3 is 2.42 bits per heavy atom. The summed E-state index contributed by atoms with van der Waals surface area (Å²) in [6.07, 6.45) is -0.424. The molecule has 7 nitrogen and oxygen atoms in total. The SMILES string of the molecule is CCOP1(=O)CCC(OC(=O)c2ccccc2)C1P(=O)(OC)OC. The van der Waals surface area contributed by atoms with Crippen molar-refractivity contribution in [3.8, 4) is 0 Å². The summed E-state index contributed by atoms with van der Waals surface area (Å²) in [5.41, 5.74) is 0.360. The maximum absolute atomic E-state index is 13.1. The molecule has 0 N–H and O–H groups in total. The van der Waals surface area contributed by atoms with Crippen molar-refractivity contribution in [3.63, 3.8) is 0 Å². The Morgan fingerprint density at radius 2 is 1.88 bits per heavy atom. The molecule has 0 spiro atoms. The van der Waals surface area contributed by atoms with Crippen molar-refractivity contribution in [2.45, 2.75) is 24.8 Å². The van der Waals surface area contributed by atoms with Crippen molar-refractivity contribution in [2.24, 2.45) is 0 Å². The van der Waals surface area contributed by atoms with Crippen molar-refractivity contribution < 1.29 is 32.2 Å². The molecular weight excluding hydrogens is 354 g/mol. The van der Waals surface area contributed by atoms with Gasteiger partial charge in [-0.25, -0.2) is 4.79 Å². The molecule has 1 fully saturated rings. The number of esters is 1. The van der Waals surface area contributed by atoms with Crippen LogP contribution < -0.4 is 0 Å². The highest BCUT2D eigenvalue weighted by molar-refractivity contribution is 7.75. The van der Waals surface area contributed by atoms with Gasteiger partial charge in [0.2, 0.25) is 7.37 Å². The molecule has 1 aliphatic heterocycles. The maximum Gasteiger partial charge on any atom is 0.346 e. The van der Waals surface area contributed by atoms with Gasteiger partial charge in [0.25, 0.3) is 0 Å². The summed E-state index contributed by atoms with van der Waals surface area (Å²) in [5, 5.41) is -1.12. The molecule has 0 aliphatic carbocycles. The van der Waals surface area contributed by atoms with E-state index in [0.29, 0.717) is 5.56 Å². The van der Waals surface area contributed by atoms with E-state index in [1.807, 2.05) is 0 Å². The van der Waals surface area contributed by atoms with Gasteiger partial charge in [-0.1, -0.05) is 18.2 Å². The minimum Gasteiger partial charge on any atom is -0.457 e. The summed E-state index contributed by atoms with van der Waals surface area (Å²) >= 11 is 0. The number of benzene rings is 1. The van der Waals surface area contributed by atoms with Crippen LogP contribution in [-0.2, 0) is 27.4 Å². The monoisotopic (exact) mass is 376 g/mol. The van der Waals surface area contributed by atoms with E-state index in [4.69, 9.17) is 18.3 Å². The van der Waals surface area contributed by atoms with Crippen LogP contribution in [-0.4, -0.2) is 44.5 Å². The first-order valence-electron chi connectivity index (χ1n) is 7.60. The van der Waals surface area contributed by atoms with Crippen molar-refractivity contribution in [1.29, 1.82) is 0 Å². The summed E-state index contributed by atoms with van der Waals surface area (Å²) < 4.78 is 46.9. The van der Waals surface area contributed by atoms with Gasteiger partial charge in [0.1, 0.15) is 6.10 Å². The molecule has 134 valence electrons. The zero-order valence-electron chi connectivity index (χ0n) is 13.9. The summed E-state index contributed by atoms with van der Waals surface area (Å²) in [6.45, 7) is 1.89. The topological polar surface area (TPSA) is 88.1 Å². The molecule has 1 aliphatic rings. The Morgan fingerprint density at radius 1 is 1.25 bits per heavy atom. The summed E-state index contributed by atoms with van der Waals surface area (Å²) in [4.78, 5) is 12.3. The summed E-state index contributed by atoms with van der Waals surface area (Å²) in [7, 11) is -4.64. The Bertz CT molecular complexity index is 653. The third kappa shape index (κ3) is 3.81. The van der Waals surface area contributed by atoms with E-state index in [9.17, 15) is 13.9 Å². The van der Waals surface area contributed by atoms with Crippen LogP contribution in [0.4, 0.5) is 0 Å². The second-order valence-corrected chi connectivity index (χ2v) is 10.8. The minimum atomic E-state index is -3.75. The fraction of sp³-hybridized carbons (Fsp3) is 0.533. The van der Waals surface area contributed by atoms with Crippen molar-refractivity contribution in [1.82, 2.24) is 0 Å². The predicted molar refractivity (Wildman–Crippen MR) is 89.8 cm³/mol. The average Bonchev–Trinajstić information content (AvgIpc) is 2.92. The summed E-state index contributed by atoms with van der Waals surface area (Å²) in [5.74, 6) is -0.575. The van der Waals surface area contributed by atoms with Crippen LogP contribution in [0.3, 0.4) is 0 Å². The van der Waals surface area contributed by atoms with E-state index in [-0.39, 0.29) is 19.2 Å². The standard InChI is InChI=1S/C15H22O7P2/c1-4-21-23(17)11-10-13(15(23)24(18,19-2)20-3)22-14(16)12-8-6-5-7-9-12/h5-9,13,15H,4,10-11H2,1-3H3. The van der Waals surface area contributed by atoms with Gasteiger partial charge in [0, 0.05) is 20.4 Å². The lowest BCUT2D eigenvalue weighted by Gasteiger charge is -2.29. The third-order valence-corrected chi connectivity index (χ3v) is 10.5. The molecular formula is C15H22O7P2. The van der Waals surface area contributed by atoms with Crippen LogP contribution in [0.1, 0.15) is 23.7 Å². The Kier molecular flexibility index (Phi) is 6.40. The molecule has 0 bridgehead atoms. The van der Waals surface area contributed by atoms with Crippen LogP contribution in [0.5, 0.6) is 0 Å². The van der Waals surface area contributed by atoms with Crippen LogP contribution in [0.25, 0.3) is 0 Å². The van der Waals surface area contributed by atoms with Gasteiger partial charge in [0.05, 0.1) is 12.2 Å². The highest BCUT2D eigenvalue weighted by Gasteiger charge is 2.58. The van der Waals surface area contributed by atoms with Crippen LogP contribution in [0, 0.1) is 0 Å². The molecule has 1 aromatic carbocycles. The second-order valence-electron chi connectivity index (χ2n) is 5.28. The Balaban J connectivity index is 2.30. The minimum absolute atomic E-state index is 0.162. The molecule has 9 heteroatoms. The zero-order chi connectivity index (χ0) is 17.8. The quantitative estimate of drug-likeness (QED) is 0.529. The molecule has 1 aromatic rings. The molecule has 0 amide bonds. The molecule has 3 atom stereocenters. The first kappa shape index (κ1) is 19.4. The molecule has 0 aromatic heterocycles. The molecule has 3 unspecified atom stereocenters. The van der Waals surface area contributed by atoms with Crippen molar-refractivity contribution in [3.05, 3.63) is 35.9 Å². The van der Waals surface area contributed by atoms with Gasteiger partial charge < -0.3 is 18.3 Å². The third-order valence-electron chi connectivity index (χ3n) is 3.91. The largest absolute Gasteiger partial charge is 0.457 e. The van der Waals surface area contributed by atoms with E-state index >= 15 is 0 Å². The van der Waals surface area contributed by atoms with E-state index in [1.165, 1.54) is 14.2 Å². The number of rotatable bonds is 7. The molecule has 0 radical (unpaired) electrons. The van der Waals surface area contributed by atoms with Gasteiger partial charge in [-0.2, -0.15) is 0 Å². The molecule has 24 heavy (non-hydrogen) atoms. The first-order valence-corrected chi connectivity index (χ1v) is 11.1. The normalized spacial score (nSPS) is 27.1. The average molecular weight is 376 g/mol. The zero-order valence-corrected chi connectivity index (χ0v) is 15.7. The van der Waals surface area contributed by atoms with Gasteiger partial charge in [-0.3, -0.25) is 9.13 Å². The molecule has 1 heterocycles. The first-order chi connectivity index (χ1) is 11.4. The number of carbonyl (C=O) groups is 1. The van der Waals surface area contributed by atoms with Gasteiger partial charge in [0.15, 0.2) is 5.40 Å². The van der Waals surface area contributed by atoms with Gasteiger partial charge >= 0.3 is 13.6 Å².